The van der Waals surface area contributed by atoms with Crippen LogP contribution in [0.4, 0.5) is 5.69 Å². The van der Waals surface area contributed by atoms with Crippen LogP contribution in [0, 0.1) is 0 Å². The Balaban J connectivity index is 1.54. The van der Waals surface area contributed by atoms with Gasteiger partial charge in [0.25, 0.3) is 5.56 Å². The van der Waals surface area contributed by atoms with E-state index in [-0.39, 0.29) is 12.1 Å². The molecule has 0 saturated heterocycles. The summed E-state index contributed by atoms with van der Waals surface area (Å²) in [5.74, 6) is -0.0583. The highest BCUT2D eigenvalue weighted by Gasteiger charge is 2.11. The van der Waals surface area contributed by atoms with E-state index in [2.05, 4.69) is 25.8 Å². The number of carbonyl (C=O) groups excluding carboxylic acids is 1. The normalized spacial score (nSPS) is 10.8. The summed E-state index contributed by atoms with van der Waals surface area (Å²) in [7, 11) is 0. The monoisotopic (exact) mass is 348 g/mol. The summed E-state index contributed by atoms with van der Waals surface area (Å²) in [6.07, 6.45) is 1.23. The molecular formula is C17H12N6O3. The van der Waals surface area contributed by atoms with Gasteiger partial charge in [-0.15, -0.1) is 15.3 Å². The molecule has 0 saturated carbocycles. The highest BCUT2D eigenvalue weighted by atomic mass is 16.4. The lowest BCUT2D eigenvalue weighted by Gasteiger charge is -2.07. The number of hydrogen-bond acceptors (Lipinski definition) is 7. The minimum Gasteiger partial charge on any atom is -0.423 e. The molecule has 4 rings (SSSR count). The van der Waals surface area contributed by atoms with Crippen molar-refractivity contribution in [2.24, 2.45) is 0 Å². The van der Waals surface area contributed by atoms with Crippen LogP contribution >= 0.6 is 0 Å². The van der Waals surface area contributed by atoms with E-state index in [1.165, 1.54) is 6.39 Å². The molecule has 128 valence electrons. The van der Waals surface area contributed by atoms with Crippen LogP contribution in [0.5, 0.6) is 0 Å². The van der Waals surface area contributed by atoms with Crippen molar-refractivity contribution in [2.45, 2.75) is 6.54 Å². The predicted molar refractivity (Wildman–Crippen MR) is 92.2 cm³/mol. The van der Waals surface area contributed by atoms with Gasteiger partial charge in [-0.1, -0.05) is 23.4 Å². The predicted octanol–water partition coefficient (Wildman–Crippen LogP) is 1.48. The summed E-state index contributed by atoms with van der Waals surface area (Å²) in [6, 6.07) is 13.8. The van der Waals surface area contributed by atoms with Gasteiger partial charge >= 0.3 is 0 Å². The molecule has 0 aliphatic rings. The fourth-order valence-electron chi connectivity index (χ4n) is 2.49. The number of fused-ring (bicyclic) bond motifs is 1. The third-order valence-corrected chi connectivity index (χ3v) is 3.68. The van der Waals surface area contributed by atoms with E-state index in [0.29, 0.717) is 28.0 Å². The van der Waals surface area contributed by atoms with Crippen molar-refractivity contribution in [1.29, 1.82) is 0 Å². The van der Waals surface area contributed by atoms with Crippen molar-refractivity contribution in [3.05, 3.63) is 65.3 Å². The third kappa shape index (κ3) is 3.05. The molecule has 4 aromatic rings. The number of nitrogens with one attached hydrogen (secondary N) is 1. The molecule has 0 fully saturated rings. The molecule has 2 aromatic heterocycles. The summed E-state index contributed by atoms with van der Waals surface area (Å²) >= 11 is 0. The first-order chi connectivity index (χ1) is 12.7. The quantitative estimate of drug-likeness (QED) is 0.594. The summed E-state index contributed by atoms with van der Waals surface area (Å²) < 4.78 is 6.16. The molecule has 9 heteroatoms. The Morgan fingerprint density at radius 1 is 1.12 bits per heavy atom. The standard InChI is InChI=1S/C17H12N6O3/c24-15(9-23-17(25)13-6-1-2-7-14(13)20-22-23)19-12-5-3-4-11(8-12)16-21-18-10-26-16/h1-8,10H,9H2,(H,19,24). The maximum Gasteiger partial charge on any atom is 0.278 e. The molecule has 0 aliphatic carbocycles. The van der Waals surface area contributed by atoms with Crippen molar-refractivity contribution in [3.8, 4) is 11.5 Å². The molecule has 1 N–H and O–H groups in total. The zero-order valence-corrected chi connectivity index (χ0v) is 13.4. The third-order valence-electron chi connectivity index (χ3n) is 3.68. The van der Waals surface area contributed by atoms with Gasteiger partial charge in [-0.05, 0) is 30.3 Å². The van der Waals surface area contributed by atoms with Crippen molar-refractivity contribution in [3.63, 3.8) is 0 Å². The average molecular weight is 348 g/mol. The van der Waals surface area contributed by atoms with E-state index < -0.39 is 5.91 Å². The highest BCUT2D eigenvalue weighted by molar-refractivity contribution is 5.91. The molecule has 26 heavy (non-hydrogen) atoms. The number of amides is 1. The SMILES string of the molecule is O=C(Cn1nnc2ccccc2c1=O)Nc1cccc(-c2nnco2)c1. The van der Waals surface area contributed by atoms with Crippen molar-refractivity contribution in [1.82, 2.24) is 25.2 Å². The van der Waals surface area contributed by atoms with Crippen LogP contribution in [-0.4, -0.2) is 31.1 Å². The molecule has 0 aliphatic heterocycles. The van der Waals surface area contributed by atoms with E-state index in [9.17, 15) is 9.59 Å². The van der Waals surface area contributed by atoms with E-state index in [0.717, 1.165) is 4.68 Å². The van der Waals surface area contributed by atoms with Crippen molar-refractivity contribution in [2.75, 3.05) is 5.32 Å². The van der Waals surface area contributed by atoms with Gasteiger partial charge in [0.2, 0.25) is 18.2 Å². The van der Waals surface area contributed by atoms with Crippen molar-refractivity contribution < 1.29 is 9.21 Å². The lowest BCUT2D eigenvalue weighted by atomic mass is 10.2. The fourth-order valence-corrected chi connectivity index (χ4v) is 2.49. The first-order valence-electron chi connectivity index (χ1n) is 7.70. The molecular weight excluding hydrogens is 336 g/mol. The molecule has 0 bridgehead atoms. The molecule has 2 heterocycles. The summed E-state index contributed by atoms with van der Waals surface area (Å²) in [5.41, 5.74) is 1.32. The van der Waals surface area contributed by atoms with Crippen LogP contribution in [-0.2, 0) is 11.3 Å². The number of anilines is 1. The van der Waals surface area contributed by atoms with Gasteiger partial charge in [0, 0.05) is 11.3 Å². The van der Waals surface area contributed by atoms with Gasteiger partial charge in [-0.25, -0.2) is 4.68 Å². The van der Waals surface area contributed by atoms with Crippen molar-refractivity contribution >= 4 is 22.5 Å². The minimum absolute atomic E-state index is 0.249. The van der Waals surface area contributed by atoms with Crippen LogP contribution in [0.2, 0.25) is 0 Å². The largest absolute Gasteiger partial charge is 0.423 e. The van der Waals surface area contributed by atoms with E-state index in [4.69, 9.17) is 4.42 Å². The Bertz CT molecular complexity index is 1140. The van der Waals surface area contributed by atoms with E-state index in [1.54, 1.807) is 48.5 Å². The van der Waals surface area contributed by atoms with Gasteiger partial charge in [-0.2, -0.15) is 0 Å². The van der Waals surface area contributed by atoms with Gasteiger partial charge < -0.3 is 9.73 Å². The van der Waals surface area contributed by atoms with Gasteiger partial charge in [0.15, 0.2) is 0 Å². The van der Waals surface area contributed by atoms with Crippen LogP contribution < -0.4 is 10.9 Å². The zero-order chi connectivity index (χ0) is 17.9. The summed E-state index contributed by atoms with van der Waals surface area (Å²) in [6.45, 7) is -0.249. The first-order valence-corrected chi connectivity index (χ1v) is 7.70. The molecule has 0 radical (unpaired) electrons. The number of hydrogen-bond donors (Lipinski definition) is 1. The Hall–Kier alpha value is -3.88. The van der Waals surface area contributed by atoms with Gasteiger partial charge in [0.1, 0.15) is 12.1 Å². The number of carbonyl (C=O) groups is 1. The average Bonchev–Trinajstić information content (AvgIpc) is 3.19. The second kappa shape index (κ2) is 6.55. The van der Waals surface area contributed by atoms with Crippen LogP contribution in [0.3, 0.4) is 0 Å². The first kappa shape index (κ1) is 15.6. The molecule has 0 unspecified atom stereocenters. The minimum atomic E-state index is -0.403. The Morgan fingerprint density at radius 3 is 2.85 bits per heavy atom. The second-order valence-electron chi connectivity index (χ2n) is 5.44. The Labute approximate surface area is 146 Å². The lowest BCUT2D eigenvalue weighted by Crippen LogP contribution is -2.30. The van der Waals surface area contributed by atoms with Gasteiger partial charge in [-0.3, -0.25) is 9.59 Å². The van der Waals surface area contributed by atoms with Gasteiger partial charge in [0.05, 0.1) is 5.39 Å². The second-order valence-corrected chi connectivity index (χ2v) is 5.44. The number of benzene rings is 2. The Kier molecular flexibility index (Phi) is 3.94. The maximum absolute atomic E-state index is 12.4. The smallest absolute Gasteiger partial charge is 0.278 e. The van der Waals surface area contributed by atoms with Crippen LogP contribution in [0.1, 0.15) is 0 Å². The molecule has 9 nitrogen and oxygen atoms in total. The summed E-state index contributed by atoms with van der Waals surface area (Å²) in [5, 5.41) is 18.3. The fraction of sp³-hybridized carbons (Fsp3) is 0.0588. The Morgan fingerprint density at radius 2 is 2.00 bits per heavy atom. The van der Waals surface area contributed by atoms with E-state index >= 15 is 0 Å². The number of nitrogens with zero attached hydrogens (tertiary/aromatic N) is 5. The molecule has 0 spiro atoms. The zero-order valence-electron chi connectivity index (χ0n) is 13.4. The number of rotatable bonds is 4. The van der Waals surface area contributed by atoms with E-state index in [1.807, 2.05) is 0 Å². The topological polar surface area (TPSA) is 116 Å². The van der Waals surface area contributed by atoms with Crippen LogP contribution in [0.25, 0.3) is 22.4 Å². The molecule has 1 amide bonds. The maximum atomic E-state index is 12.4. The van der Waals surface area contributed by atoms with Crippen LogP contribution in [0.15, 0.2) is 64.1 Å². The number of aromatic nitrogens is 5. The summed E-state index contributed by atoms with van der Waals surface area (Å²) in [4.78, 5) is 24.7. The molecule has 0 atom stereocenters. The highest BCUT2D eigenvalue weighted by Crippen LogP contribution is 2.20. The molecule has 2 aromatic carbocycles. The lowest BCUT2D eigenvalue weighted by molar-refractivity contribution is -0.117.